The normalized spacial score (nSPS) is 26.2. The summed E-state index contributed by atoms with van der Waals surface area (Å²) in [4.78, 5) is 30.8. The second-order valence-corrected chi connectivity index (χ2v) is 6.20. The number of carbonyl (C=O) groups excluding carboxylic acids is 2. The van der Waals surface area contributed by atoms with Gasteiger partial charge in [-0.3, -0.25) is 14.3 Å². The van der Waals surface area contributed by atoms with E-state index in [-0.39, 0.29) is 35.6 Å². The largest absolute Gasteiger partial charge is 0.383 e. The summed E-state index contributed by atoms with van der Waals surface area (Å²) in [5.41, 5.74) is 0. The van der Waals surface area contributed by atoms with Crippen LogP contribution in [0.4, 0.5) is 0 Å². The number of likely N-dealkylation sites (tertiary alicyclic amines) is 1. The number of aryl methyl sites for hydroxylation is 1. The third kappa shape index (κ3) is 3.41. The van der Waals surface area contributed by atoms with Gasteiger partial charge in [0.15, 0.2) is 0 Å². The van der Waals surface area contributed by atoms with Gasteiger partial charge in [-0.15, -0.1) is 5.10 Å². The minimum atomic E-state index is -0.282. The Hall–Kier alpha value is -2.00. The lowest BCUT2D eigenvalue weighted by Crippen LogP contribution is -2.54. The maximum absolute atomic E-state index is 12.6. The van der Waals surface area contributed by atoms with Gasteiger partial charge in [0.05, 0.1) is 18.6 Å². The Morgan fingerprint density at radius 2 is 2.29 bits per heavy atom. The van der Waals surface area contributed by atoms with Gasteiger partial charge in [-0.1, -0.05) is 0 Å². The zero-order valence-corrected chi connectivity index (χ0v) is 14.0. The zero-order chi connectivity index (χ0) is 17.1. The lowest BCUT2D eigenvalue weighted by molar-refractivity contribution is -0.130. The molecule has 2 amide bonds. The van der Waals surface area contributed by atoms with Crippen molar-refractivity contribution >= 4 is 11.8 Å². The van der Waals surface area contributed by atoms with Crippen LogP contribution in [0.3, 0.4) is 0 Å². The minimum absolute atomic E-state index is 0.0565. The first-order valence-electron chi connectivity index (χ1n) is 8.13. The summed E-state index contributed by atoms with van der Waals surface area (Å²) in [6, 6.07) is 0. The number of nitrogens with one attached hydrogen (secondary N) is 1. The van der Waals surface area contributed by atoms with Gasteiger partial charge < -0.3 is 19.7 Å². The van der Waals surface area contributed by atoms with Crippen LogP contribution in [-0.2, 0) is 21.3 Å². The van der Waals surface area contributed by atoms with Gasteiger partial charge in [0.1, 0.15) is 6.33 Å². The SMILES string of the molecule is COCCNC(=O)[C@@H]1CN(C(=O)c2ncn(C)n2)C[C@H]2OCC[C@H]21. The van der Waals surface area contributed by atoms with Gasteiger partial charge >= 0.3 is 0 Å². The van der Waals surface area contributed by atoms with Gasteiger partial charge in [-0.2, -0.15) is 0 Å². The van der Waals surface area contributed by atoms with E-state index < -0.39 is 0 Å². The molecule has 1 N–H and O–H groups in total. The molecule has 2 fully saturated rings. The van der Waals surface area contributed by atoms with Crippen LogP contribution in [0.5, 0.6) is 0 Å². The number of ether oxygens (including phenoxy) is 2. The number of hydrogen-bond donors (Lipinski definition) is 1. The van der Waals surface area contributed by atoms with E-state index >= 15 is 0 Å². The maximum atomic E-state index is 12.6. The van der Waals surface area contributed by atoms with Crippen LogP contribution in [0.25, 0.3) is 0 Å². The number of rotatable bonds is 5. The van der Waals surface area contributed by atoms with Crippen LogP contribution in [0.1, 0.15) is 17.0 Å². The van der Waals surface area contributed by atoms with Crippen molar-refractivity contribution in [2.75, 3.05) is 40.0 Å². The van der Waals surface area contributed by atoms with Crippen molar-refractivity contribution in [2.45, 2.75) is 12.5 Å². The predicted molar refractivity (Wildman–Crippen MR) is 83.1 cm³/mol. The summed E-state index contributed by atoms with van der Waals surface area (Å²) in [6.45, 7) is 2.38. The first kappa shape index (κ1) is 16.8. The molecule has 9 nitrogen and oxygen atoms in total. The zero-order valence-electron chi connectivity index (χ0n) is 14.0. The van der Waals surface area contributed by atoms with Crippen molar-refractivity contribution in [1.29, 1.82) is 0 Å². The highest BCUT2D eigenvalue weighted by Gasteiger charge is 2.45. The van der Waals surface area contributed by atoms with E-state index in [4.69, 9.17) is 9.47 Å². The molecule has 24 heavy (non-hydrogen) atoms. The first-order chi connectivity index (χ1) is 11.6. The molecule has 132 valence electrons. The summed E-state index contributed by atoms with van der Waals surface area (Å²) < 4.78 is 12.2. The number of piperidine rings is 1. The van der Waals surface area contributed by atoms with Crippen molar-refractivity contribution in [3.8, 4) is 0 Å². The Bertz CT molecular complexity index is 604. The highest BCUT2D eigenvalue weighted by Crippen LogP contribution is 2.34. The average molecular weight is 337 g/mol. The summed E-state index contributed by atoms with van der Waals surface area (Å²) in [5, 5.41) is 6.93. The fourth-order valence-electron chi connectivity index (χ4n) is 3.41. The van der Waals surface area contributed by atoms with E-state index in [0.29, 0.717) is 32.8 Å². The highest BCUT2D eigenvalue weighted by molar-refractivity contribution is 5.91. The molecule has 2 saturated heterocycles. The fraction of sp³-hybridized carbons (Fsp3) is 0.733. The van der Waals surface area contributed by atoms with Crippen molar-refractivity contribution in [3.63, 3.8) is 0 Å². The van der Waals surface area contributed by atoms with E-state index in [2.05, 4.69) is 15.4 Å². The van der Waals surface area contributed by atoms with Crippen molar-refractivity contribution in [1.82, 2.24) is 25.0 Å². The van der Waals surface area contributed by atoms with Gasteiger partial charge in [-0.05, 0) is 6.42 Å². The number of hydrogen-bond acceptors (Lipinski definition) is 6. The molecule has 1 aromatic rings. The molecule has 3 heterocycles. The van der Waals surface area contributed by atoms with Crippen LogP contribution in [0.2, 0.25) is 0 Å². The van der Waals surface area contributed by atoms with E-state index in [1.165, 1.54) is 11.0 Å². The minimum Gasteiger partial charge on any atom is -0.383 e. The Morgan fingerprint density at radius 1 is 1.46 bits per heavy atom. The highest BCUT2D eigenvalue weighted by atomic mass is 16.5. The number of nitrogens with zero attached hydrogens (tertiary/aromatic N) is 4. The maximum Gasteiger partial charge on any atom is 0.293 e. The van der Waals surface area contributed by atoms with Gasteiger partial charge in [0, 0.05) is 46.3 Å². The number of amides is 2. The first-order valence-corrected chi connectivity index (χ1v) is 8.13. The molecular formula is C15H23N5O4. The predicted octanol–water partition coefficient (Wildman–Crippen LogP) is -0.945. The molecule has 0 unspecified atom stereocenters. The molecule has 0 radical (unpaired) electrons. The molecule has 9 heteroatoms. The van der Waals surface area contributed by atoms with E-state index in [1.807, 2.05) is 0 Å². The smallest absolute Gasteiger partial charge is 0.293 e. The van der Waals surface area contributed by atoms with Gasteiger partial charge in [0.25, 0.3) is 5.91 Å². The number of fused-ring (bicyclic) bond motifs is 1. The fourth-order valence-corrected chi connectivity index (χ4v) is 3.41. The molecule has 2 aliphatic heterocycles. The summed E-state index contributed by atoms with van der Waals surface area (Å²) in [7, 11) is 3.30. The number of aromatic nitrogens is 3. The molecular weight excluding hydrogens is 314 g/mol. The quantitative estimate of drug-likeness (QED) is 0.696. The van der Waals surface area contributed by atoms with Crippen molar-refractivity contribution < 1.29 is 19.1 Å². The molecule has 3 rings (SSSR count). The van der Waals surface area contributed by atoms with Crippen LogP contribution < -0.4 is 5.32 Å². The van der Waals surface area contributed by atoms with Crippen LogP contribution in [-0.4, -0.2) is 77.5 Å². The van der Waals surface area contributed by atoms with E-state index in [0.717, 1.165) is 6.42 Å². The molecule has 1 aromatic heterocycles. The van der Waals surface area contributed by atoms with Crippen LogP contribution in [0, 0.1) is 11.8 Å². The second-order valence-electron chi connectivity index (χ2n) is 6.20. The lowest BCUT2D eigenvalue weighted by atomic mass is 9.82. The summed E-state index contributed by atoms with van der Waals surface area (Å²) >= 11 is 0. The Labute approximate surface area is 140 Å². The molecule has 0 aromatic carbocycles. The van der Waals surface area contributed by atoms with Crippen LogP contribution >= 0.6 is 0 Å². The molecule has 0 spiro atoms. The Kier molecular flexibility index (Phi) is 5.10. The van der Waals surface area contributed by atoms with Crippen LogP contribution in [0.15, 0.2) is 6.33 Å². The average Bonchev–Trinajstić information content (AvgIpc) is 3.21. The van der Waals surface area contributed by atoms with Crippen molar-refractivity contribution in [3.05, 3.63) is 12.2 Å². The standard InChI is InChI=1S/C15H23N5O4/c1-19-9-17-13(18-19)15(22)20-7-11(14(21)16-4-6-23-2)10-3-5-24-12(10)8-20/h9-12H,3-8H2,1-2H3,(H,16,21)/t10-,11+,12+/m0/s1. The van der Waals surface area contributed by atoms with E-state index in [9.17, 15) is 9.59 Å². The van der Waals surface area contributed by atoms with Crippen molar-refractivity contribution in [2.24, 2.45) is 18.9 Å². The molecule has 2 aliphatic rings. The number of carbonyl (C=O) groups is 2. The molecule has 0 aliphatic carbocycles. The lowest BCUT2D eigenvalue weighted by Gasteiger charge is -2.38. The van der Waals surface area contributed by atoms with Gasteiger partial charge in [0.2, 0.25) is 11.7 Å². The summed E-state index contributed by atoms with van der Waals surface area (Å²) in [6.07, 6.45) is 2.22. The Morgan fingerprint density at radius 3 is 3.00 bits per heavy atom. The molecule has 0 saturated carbocycles. The topological polar surface area (TPSA) is 98.6 Å². The molecule has 3 atom stereocenters. The Balaban J connectivity index is 1.71. The number of methoxy groups -OCH3 is 1. The summed E-state index contributed by atoms with van der Waals surface area (Å²) in [5.74, 6) is -0.310. The third-order valence-electron chi connectivity index (χ3n) is 4.62. The monoisotopic (exact) mass is 337 g/mol. The second kappa shape index (κ2) is 7.27. The molecule has 0 bridgehead atoms. The van der Waals surface area contributed by atoms with E-state index in [1.54, 1.807) is 19.1 Å². The third-order valence-corrected chi connectivity index (χ3v) is 4.62. The van der Waals surface area contributed by atoms with Gasteiger partial charge in [-0.25, -0.2) is 4.98 Å².